The average molecular weight is 1480 g/mol. The number of terminal acetylenes is 1. The summed E-state index contributed by atoms with van der Waals surface area (Å²) in [7, 11) is 3.46. The number of aryl methyl sites for hydroxylation is 2. The summed E-state index contributed by atoms with van der Waals surface area (Å²) in [4.78, 5) is 83.5. The Bertz CT molecular complexity index is 5440. The highest BCUT2D eigenvalue weighted by Crippen LogP contribution is 2.47. The maximum atomic E-state index is 17.5. The van der Waals surface area contributed by atoms with Crippen molar-refractivity contribution in [2.45, 2.75) is 113 Å². The van der Waals surface area contributed by atoms with E-state index in [2.05, 4.69) is 50.7 Å². The van der Waals surface area contributed by atoms with Crippen molar-refractivity contribution < 1.29 is 58.6 Å². The highest BCUT2D eigenvalue weighted by atomic mass is 19.2. The predicted molar refractivity (Wildman–Crippen MR) is 386 cm³/mol. The van der Waals surface area contributed by atoms with Gasteiger partial charge in [0.15, 0.2) is 34.9 Å². The first-order chi connectivity index (χ1) is 52.0. The van der Waals surface area contributed by atoms with Gasteiger partial charge < -0.3 is 29.1 Å². The second-order valence-electron chi connectivity index (χ2n) is 28.9. The number of hydrogen-bond acceptors (Lipinski definition) is 18. The Labute approximate surface area is 613 Å². The van der Waals surface area contributed by atoms with Crippen LogP contribution in [-0.2, 0) is 16.0 Å². The molecular weight excluding hydrogens is 1410 g/mol. The van der Waals surface area contributed by atoms with Gasteiger partial charge in [-0.1, -0.05) is 54.5 Å². The van der Waals surface area contributed by atoms with E-state index < -0.39 is 88.0 Å². The molecule has 12 heterocycles. The number of halogens is 9. The van der Waals surface area contributed by atoms with E-state index in [1.807, 2.05) is 4.90 Å². The Morgan fingerprint density at radius 3 is 1.80 bits per heavy atom. The maximum absolute atomic E-state index is 17.5. The zero-order chi connectivity index (χ0) is 75.2. The van der Waals surface area contributed by atoms with Gasteiger partial charge in [0.05, 0.1) is 39.3 Å². The van der Waals surface area contributed by atoms with E-state index in [9.17, 15) is 22.8 Å². The first-order valence-corrected chi connectivity index (χ1v) is 35.8. The number of fused-ring (bicyclic) bond motifs is 6. The molecule has 16 rings (SSSR count). The van der Waals surface area contributed by atoms with Crippen molar-refractivity contribution in [1.29, 1.82) is 0 Å². The Kier molecular flexibility index (Phi) is 18.7. The van der Waals surface area contributed by atoms with Crippen LogP contribution in [0.1, 0.15) is 85.7 Å². The summed E-state index contributed by atoms with van der Waals surface area (Å²) < 4.78 is 155. The molecule has 7 atom stereocenters. The van der Waals surface area contributed by atoms with Crippen LogP contribution in [0.5, 0.6) is 12.0 Å². The molecule has 0 bridgehead atoms. The summed E-state index contributed by atoms with van der Waals surface area (Å²) in [6.45, 7) is 4.89. The van der Waals surface area contributed by atoms with Crippen LogP contribution in [0.4, 0.5) is 51.1 Å². The fourth-order valence-corrected chi connectivity index (χ4v) is 17.0. The van der Waals surface area contributed by atoms with Gasteiger partial charge in [-0.25, -0.2) is 59.4 Å². The van der Waals surface area contributed by atoms with Gasteiger partial charge in [0.2, 0.25) is 11.8 Å². The number of ether oxygens (including phenoxy) is 2. The van der Waals surface area contributed by atoms with Crippen molar-refractivity contribution in [3.05, 3.63) is 166 Å². The zero-order valence-electron chi connectivity index (χ0n) is 59.2. The molecule has 10 aromatic rings. The van der Waals surface area contributed by atoms with Crippen molar-refractivity contribution in [1.82, 2.24) is 69.4 Å². The molecule has 4 aromatic carbocycles. The molecule has 29 heteroatoms. The number of pyridine rings is 2. The van der Waals surface area contributed by atoms with Crippen molar-refractivity contribution in [2.75, 3.05) is 82.9 Å². The van der Waals surface area contributed by atoms with Crippen LogP contribution in [-0.4, -0.2) is 196 Å². The lowest BCUT2D eigenvalue weighted by Gasteiger charge is -2.34. The van der Waals surface area contributed by atoms with Gasteiger partial charge >= 0.3 is 12.0 Å². The van der Waals surface area contributed by atoms with Gasteiger partial charge in [-0.3, -0.25) is 29.4 Å². The highest BCUT2D eigenvalue weighted by molar-refractivity contribution is 6.03. The molecule has 0 aliphatic carbocycles. The molecular formula is C79H71F9N16O4. The second kappa shape index (κ2) is 28.3. The van der Waals surface area contributed by atoms with Crippen LogP contribution in [0.25, 0.3) is 78.0 Å². The fraction of sp³-hybridized carbons (Fsp3) is 0.367. The Balaban J connectivity index is 0.625. The molecule has 554 valence electrons. The largest absolute Gasteiger partial charge is 0.461 e. The number of benzene rings is 4. The SMILES string of the molecule is C#Cc1c(F)ccc2cccc(-c3ncc4c(N(C)[C@@H]5CCN(C(=O)/C=C/c6nc(CC7CC[C@@]8(COc9nc(N(C)[C@@H]%10CCN(C(=O)/C=C/c%11nc(C)nc(C)c%11F)C%10)c%10cnc(-c%11cccc%12ccc(F)c(F)c%11%12)c(F)c%10n9)C[C@@H](F)CN78)ncc6F)C5)nc(OC[C@@]56CCCN5C[C@H](F)C6)nc4c3F)c12. The van der Waals surface area contributed by atoms with Gasteiger partial charge in [0, 0.05) is 137 Å². The maximum Gasteiger partial charge on any atom is 0.319 e. The van der Waals surface area contributed by atoms with Crippen LogP contribution in [0, 0.1) is 66.9 Å². The number of alkyl halides is 2. The minimum atomic E-state index is -1.30. The smallest absolute Gasteiger partial charge is 0.319 e. The minimum Gasteiger partial charge on any atom is -0.461 e. The van der Waals surface area contributed by atoms with Crippen LogP contribution >= 0.6 is 0 Å². The monoisotopic (exact) mass is 1480 g/mol. The molecule has 108 heavy (non-hydrogen) atoms. The molecule has 6 aliphatic rings. The fourth-order valence-electron chi connectivity index (χ4n) is 17.0. The van der Waals surface area contributed by atoms with E-state index in [0.717, 1.165) is 18.7 Å². The summed E-state index contributed by atoms with van der Waals surface area (Å²) in [5.41, 5.74) is -2.33. The minimum absolute atomic E-state index is 0.00238. The third-order valence-corrected chi connectivity index (χ3v) is 22.4. The number of hydrogen-bond donors (Lipinski definition) is 0. The van der Waals surface area contributed by atoms with E-state index in [1.54, 1.807) is 77.0 Å². The molecule has 6 aliphatic heterocycles. The van der Waals surface area contributed by atoms with Crippen molar-refractivity contribution in [2.24, 2.45) is 0 Å². The van der Waals surface area contributed by atoms with Gasteiger partial charge in [0.1, 0.15) is 88.5 Å². The van der Waals surface area contributed by atoms with Crippen LogP contribution in [0.15, 0.2) is 91.4 Å². The number of aromatic nitrogens is 10. The summed E-state index contributed by atoms with van der Waals surface area (Å²) in [6.07, 6.45) is 16.1. The number of nitrogens with zero attached hydrogens (tertiary/aromatic N) is 16. The lowest BCUT2D eigenvalue weighted by Crippen LogP contribution is -2.47. The lowest BCUT2D eigenvalue weighted by atomic mass is 9.94. The molecule has 0 saturated carbocycles. The first kappa shape index (κ1) is 71.3. The zero-order valence-corrected chi connectivity index (χ0v) is 59.2. The van der Waals surface area contributed by atoms with Gasteiger partial charge in [-0.2, -0.15) is 19.9 Å². The molecule has 0 N–H and O–H groups in total. The van der Waals surface area contributed by atoms with Gasteiger partial charge in [0.25, 0.3) is 0 Å². The lowest BCUT2D eigenvalue weighted by molar-refractivity contribution is -0.125. The molecule has 2 amide bonds. The van der Waals surface area contributed by atoms with Crippen LogP contribution in [0.3, 0.4) is 0 Å². The molecule has 0 radical (unpaired) electrons. The Hall–Kier alpha value is -11.0. The summed E-state index contributed by atoms with van der Waals surface area (Å²) in [5.74, 6) is -3.77. The quantitative estimate of drug-likeness (QED) is 0.0445. The molecule has 6 saturated heterocycles. The first-order valence-electron chi connectivity index (χ1n) is 35.8. The third kappa shape index (κ3) is 12.9. The highest BCUT2D eigenvalue weighted by Gasteiger charge is 2.54. The average Bonchev–Trinajstić information content (AvgIpc) is 1.41. The summed E-state index contributed by atoms with van der Waals surface area (Å²) in [6, 6.07) is 13.1. The molecule has 0 spiro atoms. The van der Waals surface area contributed by atoms with Crippen LogP contribution in [0.2, 0.25) is 0 Å². The topological polar surface area (TPSA) is 201 Å². The number of amides is 2. The molecule has 6 aromatic heterocycles. The third-order valence-electron chi connectivity index (χ3n) is 22.4. The van der Waals surface area contributed by atoms with Crippen molar-refractivity contribution in [3.63, 3.8) is 0 Å². The van der Waals surface area contributed by atoms with E-state index >= 15 is 26.3 Å². The van der Waals surface area contributed by atoms with Gasteiger partial charge in [-0.05, 0) is 94.0 Å². The Morgan fingerprint density at radius 1 is 0.593 bits per heavy atom. The van der Waals surface area contributed by atoms with E-state index in [0.29, 0.717) is 67.2 Å². The summed E-state index contributed by atoms with van der Waals surface area (Å²) >= 11 is 0. The number of likely N-dealkylation sites (tertiary alicyclic amines) is 2. The van der Waals surface area contributed by atoms with Gasteiger partial charge in [-0.15, -0.1) is 6.42 Å². The van der Waals surface area contributed by atoms with Crippen LogP contribution < -0.4 is 19.3 Å². The number of likely N-dealkylation sites (N-methyl/N-ethyl adjacent to an activating group) is 2. The van der Waals surface area contributed by atoms with E-state index in [1.165, 1.54) is 61.8 Å². The number of rotatable bonds is 18. The molecule has 6 fully saturated rings. The molecule has 1 unspecified atom stereocenters. The Morgan fingerprint density at radius 2 is 1.17 bits per heavy atom. The number of carbonyl (C=O) groups excluding carboxylic acids is 2. The standard InChI is InChI=1S/C79H71F9N16O4/c1-6-51-56(82)16-14-44-10-7-12-52(64(44)51)70-68(87)72-54(33-90-70)74(97-76(95-72)107-40-78-25-9-27-103(78)36-46(80)31-78)99(4)49-23-28-101(38-49)62(105)20-18-59-58(84)35-89-61(94-59)30-48-22-26-79(32-47(81)37-104(48)79)41-108-77-96-73-55(34-91-71(69(73)88)53-13-8-11-45-15-17-57(83)67(86)65(45)53)75(98-77)100(5)50-24-29-102(39-50)63(106)21-19-60-66(85)42(2)92-43(3)93-60/h1,7-8,10-21,33-35,46-50H,9,22-32,36-41H2,2-5H3/b20-18+,21-19+/t46-,47-,48?,49-,50-,78+,79+/m1/s1. The number of carbonyl (C=O) groups is 2. The normalized spacial score (nSPS) is 22.3. The van der Waals surface area contributed by atoms with E-state index in [4.69, 9.17) is 25.9 Å². The predicted octanol–water partition coefficient (Wildman–Crippen LogP) is 12.2. The summed E-state index contributed by atoms with van der Waals surface area (Å²) in [5, 5.41) is 1.30. The second-order valence-corrected chi connectivity index (χ2v) is 28.9. The van der Waals surface area contributed by atoms with Crippen molar-refractivity contribution >= 4 is 79.0 Å². The van der Waals surface area contributed by atoms with E-state index in [-0.39, 0.29) is 173 Å². The number of anilines is 2. The van der Waals surface area contributed by atoms with Crippen molar-refractivity contribution in [3.8, 4) is 46.9 Å². The molecule has 20 nitrogen and oxygen atoms in total.